The molecule has 1 aliphatic heterocycles. The van der Waals surface area contributed by atoms with Crippen LogP contribution in [0.2, 0.25) is 0 Å². The molecular formula is C19H25N5O2. The predicted molar refractivity (Wildman–Crippen MR) is 97.1 cm³/mol. The lowest BCUT2D eigenvalue weighted by Crippen LogP contribution is -2.46. The summed E-state index contributed by atoms with van der Waals surface area (Å²) in [6, 6.07) is 9.47. The van der Waals surface area contributed by atoms with Crippen molar-refractivity contribution in [1.29, 1.82) is 0 Å². The minimum absolute atomic E-state index is 0.0692. The summed E-state index contributed by atoms with van der Waals surface area (Å²) in [5, 5.41) is 9.55. The Morgan fingerprint density at radius 1 is 1.35 bits per heavy atom. The van der Waals surface area contributed by atoms with E-state index in [0.29, 0.717) is 18.8 Å². The van der Waals surface area contributed by atoms with Crippen molar-refractivity contribution in [3.8, 4) is 0 Å². The van der Waals surface area contributed by atoms with E-state index in [1.165, 1.54) is 11.9 Å². The van der Waals surface area contributed by atoms with E-state index < -0.39 is 6.04 Å². The molecule has 0 spiro atoms. The summed E-state index contributed by atoms with van der Waals surface area (Å²) in [7, 11) is 0. The first-order valence-electron chi connectivity index (χ1n) is 9.14. The number of hydrogen-bond donors (Lipinski definition) is 2. The molecule has 2 N–H and O–H groups in total. The highest BCUT2D eigenvalue weighted by Gasteiger charge is 2.34. The number of aryl methyl sites for hydroxylation is 1. The van der Waals surface area contributed by atoms with Gasteiger partial charge in [0.15, 0.2) is 0 Å². The molecule has 1 aromatic heterocycles. The third kappa shape index (κ3) is 4.47. The Kier molecular flexibility index (Phi) is 5.99. The van der Waals surface area contributed by atoms with Crippen molar-refractivity contribution in [3.63, 3.8) is 0 Å². The molecule has 0 unspecified atom stereocenters. The zero-order chi connectivity index (χ0) is 18.4. The summed E-state index contributed by atoms with van der Waals surface area (Å²) in [5.74, 6) is 0.551. The van der Waals surface area contributed by atoms with E-state index in [0.717, 1.165) is 25.7 Å². The van der Waals surface area contributed by atoms with Crippen molar-refractivity contribution >= 4 is 11.8 Å². The minimum Gasteiger partial charge on any atom is -0.345 e. The maximum atomic E-state index is 12.7. The molecule has 1 fully saturated rings. The second kappa shape index (κ2) is 8.60. The van der Waals surface area contributed by atoms with E-state index in [4.69, 9.17) is 0 Å². The lowest BCUT2D eigenvalue weighted by molar-refractivity contribution is -0.136. The first kappa shape index (κ1) is 18.1. The van der Waals surface area contributed by atoms with Crippen LogP contribution in [0.4, 0.5) is 0 Å². The molecule has 2 heterocycles. The van der Waals surface area contributed by atoms with Crippen molar-refractivity contribution in [2.24, 2.45) is 0 Å². The Hall–Kier alpha value is -2.70. The quantitative estimate of drug-likeness (QED) is 0.795. The number of rotatable bonds is 7. The number of amides is 2. The second-order valence-corrected chi connectivity index (χ2v) is 6.69. The van der Waals surface area contributed by atoms with Crippen molar-refractivity contribution in [3.05, 3.63) is 48.0 Å². The molecule has 0 bridgehead atoms. The smallest absolute Gasteiger partial charge is 0.245 e. The van der Waals surface area contributed by atoms with Crippen LogP contribution in [0.25, 0.3) is 0 Å². The monoisotopic (exact) mass is 355 g/mol. The van der Waals surface area contributed by atoms with Gasteiger partial charge in [0.05, 0.1) is 6.04 Å². The summed E-state index contributed by atoms with van der Waals surface area (Å²) in [6.45, 7) is 2.42. The fraction of sp³-hybridized carbons (Fsp3) is 0.474. The second-order valence-electron chi connectivity index (χ2n) is 6.69. The van der Waals surface area contributed by atoms with E-state index in [-0.39, 0.29) is 17.9 Å². The van der Waals surface area contributed by atoms with Crippen LogP contribution in [0.15, 0.2) is 36.7 Å². The van der Waals surface area contributed by atoms with Gasteiger partial charge in [-0.15, -0.1) is 0 Å². The number of carbonyl (C=O) groups is 2. The number of aromatic nitrogens is 3. The number of carbonyl (C=O) groups excluding carboxylic acids is 2. The van der Waals surface area contributed by atoms with Crippen LogP contribution in [0.5, 0.6) is 0 Å². The van der Waals surface area contributed by atoms with Gasteiger partial charge in [-0.25, -0.2) is 4.98 Å². The highest BCUT2D eigenvalue weighted by Crippen LogP contribution is 2.29. The van der Waals surface area contributed by atoms with Gasteiger partial charge < -0.3 is 10.2 Å². The van der Waals surface area contributed by atoms with Crippen LogP contribution in [0.1, 0.15) is 50.0 Å². The topological polar surface area (TPSA) is 91.0 Å². The van der Waals surface area contributed by atoms with Crippen LogP contribution >= 0.6 is 0 Å². The molecule has 0 saturated carbocycles. The fourth-order valence-electron chi connectivity index (χ4n) is 3.41. The maximum Gasteiger partial charge on any atom is 0.245 e. The van der Waals surface area contributed by atoms with Crippen LogP contribution < -0.4 is 5.32 Å². The largest absolute Gasteiger partial charge is 0.345 e. The predicted octanol–water partition coefficient (Wildman–Crippen LogP) is 2.00. The summed E-state index contributed by atoms with van der Waals surface area (Å²) >= 11 is 0. The Bertz CT molecular complexity index is 717. The molecule has 7 nitrogen and oxygen atoms in total. The van der Waals surface area contributed by atoms with Gasteiger partial charge in [-0.3, -0.25) is 14.7 Å². The number of likely N-dealkylation sites (tertiary alicyclic amines) is 1. The highest BCUT2D eigenvalue weighted by atomic mass is 16.2. The van der Waals surface area contributed by atoms with Crippen LogP contribution in [0.3, 0.4) is 0 Å². The number of H-pyrrole nitrogens is 1. The minimum atomic E-state index is -0.539. The van der Waals surface area contributed by atoms with E-state index in [9.17, 15) is 9.59 Å². The molecule has 2 atom stereocenters. The number of nitrogens with one attached hydrogen (secondary N) is 2. The first-order chi connectivity index (χ1) is 12.6. The molecule has 138 valence electrons. The third-order valence-electron chi connectivity index (χ3n) is 4.75. The molecule has 0 radical (unpaired) electrons. The van der Waals surface area contributed by atoms with Crippen molar-refractivity contribution in [1.82, 2.24) is 25.4 Å². The molecule has 1 saturated heterocycles. The van der Waals surface area contributed by atoms with Crippen molar-refractivity contribution in [2.45, 2.75) is 51.1 Å². The fourth-order valence-corrected chi connectivity index (χ4v) is 3.41. The maximum absolute atomic E-state index is 12.7. The Labute approximate surface area is 153 Å². The van der Waals surface area contributed by atoms with Gasteiger partial charge in [-0.2, -0.15) is 5.10 Å². The summed E-state index contributed by atoms with van der Waals surface area (Å²) in [5.41, 5.74) is 1.22. The van der Waals surface area contributed by atoms with Gasteiger partial charge in [0.25, 0.3) is 0 Å². The number of benzene rings is 1. The van der Waals surface area contributed by atoms with Crippen LogP contribution in [-0.2, 0) is 16.0 Å². The number of hydrogen-bond acceptors (Lipinski definition) is 4. The third-order valence-corrected chi connectivity index (χ3v) is 4.75. The lowest BCUT2D eigenvalue weighted by atomic mass is 10.1. The molecular weight excluding hydrogens is 330 g/mol. The summed E-state index contributed by atoms with van der Waals surface area (Å²) in [4.78, 5) is 30.9. The molecule has 2 amide bonds. The van der Waals surface area contributed by atoms with E-state index in [2.05, 4.69) is 32.6 Å². The highest BCUT2D eigenvalue weighted by molar-refractivity contribution is 5.87. The molecule has 3 rings (SSSR count). The van der Waals surface area contributed by atoms with Gasteiger partial charge in [0.2, 0.25) is 11.8 Å². The first-order valence-corrected chi connectivity index (χ1v) is 9.14. The van der Waals surface area contributed by atoms with Crippen molar-refractivity contribution in [2.75, 3.05) is 6.54 Å². The van der Waals surface area contributed by atoms with Crippen LogP contribution in [0, 0.1) is 0 Å². The molecule has 7 heteroatoms. The zero-order valence-corrected chi connectivity index (χ0v) is 15.0. The number of aromatic amines is 1. The van der Waals surface area contributed by atoms with E-state index in [1.54, 1.807) is 11.8 Å². The Morgan fingerprint density at radius 2 is 2.15 bits per heavy atom. The van der Waals surface area contributed by atoms with Gasteiger partial charge in [0, 0.05) is 13.0 Å². The van der Waals surface area contributed by atoms with Gasteiger partial charge in [0.1, 0.15) is 18.2 Å². The molecule has 1 aliphatic rings. The zero-order valence-electron chi connectivity index (χ0n) is 15.0. The average molecular weight is 355 g/mol. The van der Waals surface area contributed by atoms with Gasteiger partial charge in [-0.05, 0) is 38.2 Å². The molecule has 0 aliphatic carbocycles. The molecule has 26 heavy (non-hydrogen) atoms. The number of nitrogens with zero attached hydrogens (tertiary/aromatic N) is 3. The van der Waals surface area contributed by atoms with Gasteiger partial charge >= 0.3 is 0 Å². The summed E-state index contributed by atoms with van der Waals surface area (Å²) in [6.07, 6.45) is 5.28. The standard InChI is InChI=1S/C19H25N5O2/c1-14(22-17(25)11-5-9-15-7-3-2-4-8-15)19(26)24-12-6-10-16(24)18-20-13-21-23-18/h2-4,7-8,13-14,16H,5-6,9-12H2,1H3,(H,22,25)(H,20,21,23)/t14-,16-/m0/s1. The van der Waals surface area contributed by atoms with Crippen LogP contribution in [-0.4, -0.2) is 44.5 Å². The SMILES string of the molecule is C[C@H](NC(=O)CCCc1ccccc1)C(=O)N1CCC[C@H]1c1ncn[nH]1. The Morgan fingerprint density at radius 3 is 2.88 bits per heavy atom. The van der Waals surface area contributed by atoms with Crippen molar-refractivity contribution < 1.29 is 9.59 Å². The van der Waals surface area contributed by atoms with E-state index >= 15 is 0 Å². The molecule has 1 aromatic carbocycles. The normalized spacial score (nSPS) is 17.9. The molecule has 2 aromatic rings. The van der Waals surface area contributed by atoms with Gasteiger partial charge in [-0.1, -0.05) is 30.3 Å². The van der Waals surface area contributed by atoms with E-state index in [1.807, 2.05) is 18.2 Å². The lowest BCUT2D eigenvalue weighted by Gasteiger charge is -2.26. The average Bonchev–Trinajstić information content (AvgIpc) is 3.33. The Balaban J connectivity index is 1.46. The summed E-state index contributed by atoms with van der Waals surface area (Å²) < 4.78 is 0.